The van der Waals surface area contributed by atoms with Crippen molar-refractivity contribution in [2.45, 2.75) is 26.2 Å². The zero-order chi connectivity index (χ0) is 17.8. The van der Waals surface area contributed by atoms with Crippen LogP contribution in [-0.4, -0.2) is 32.0 Å². The number of fused-ring (bicyclic) bond motifs is 2. The Morgan fingerprint density at radius 3 is 2.80 bits per heavy atom. The molecule has 4 rings (SSSR count). The minimum absolute atomic E-state index is 0.773. The Morgan fingerprint density at radius 2 is 2.00 bits per heavy atom. The van der Waals surface area contributed by atoms with Crippen LogP contribution in [0.15, 0.2) is 36.7 Å². The Morgan fingerprint density at radius 1 is 1.16 bits per heavy atom. The van der Waals surface area contributed by atoms with Crippen LogP contribution in [0.25, 0.3) is 32.5 Å². The van der Waals surface area contributed by atoms with Gasteiger partial charge >= 0.3 is 0 Å². The van der Waals surface area contributed by atoms with Crippen molar-refractivity contribution in [1.82, 2.24) is 19.7 Å². The predicted molar refractivity (Wildman–Crippen MR) is 104 cm³/mol. The summed E-state index contributed by atoms with van der Waals surface area (Å²) in [7, 11) is 2.91. The second kappa shape index (κ2) is 7.72. The molecule has 0 fully saturated rings. The first-order chi connectivity index (χ1) is 12.2. The molecule has 4 heterocycles. The Bertz CT molecular complexity index is 990. The van der Waals surface area contributed by atoms with E-state index >= 15 is 0 Å². The Labute approximate surface area is 151 Å². The highest BCUT2D eigenvalue weighted by Crippen LogP contribution is 2.29. The first-order valence-electron chi connectivity index (χ1n) is 8.37. The summed E-state index contributed by atoms with van der Waals surface area (Å²) in [6.07, 6.45) is 7.45. The molecule has 0 saturated carbocycles. The van der Waals surface area contributed by atoms with Gasteiger partial charge < -0.3 is 5.11 Å². The summed E-state index contributed by atoms with van der Waals surface area (Å²) in [6.45, 7) is 2.23. The van der Waals surface area contributed by atoms with Crippen LogP contribution in [0, 0.1) is 0 Å². The Hall–Kier alpha value is -2.31. The highest BCUT2D eigenvalue weighted by atomic mass is 32.1. The van der Waals surface area contributed by atoms with E-state index in [1.807, 2.05) is 19.4 Å². The Kier molecular flexibility index (Phi) is 5.40. The van der Waals surface area contributed by atoms with E-state index in [2.05, 4.69) is 41.3 Å². The molecular weight excluding hydrogens is 332 g/mol. The number of hydrogen-bond acceptors (Lipinski definition) is 5. The second-order valence-electron chi connectivity index (χ2n) is 5.85. The third-order valence-electron chi connectivity index (χ3n) is 3.98. The number of aliphatic hydroxyl groups is 1. The highest BCUT2D eigenvalue weighted by Gasteiger charge is 2.08. The van der Waals surface area contributed by atoms with Gasteiger partial charge in [-0.1, -0.05) is 13.3 Å². The normalized spacial score (nSPS) is 10.9. The lowest BCUT2D eigenvalue weighted by atomic mass is 10.1. The first kappa shape index (κ1) is 17.5. The third-order valence-corrected chi connectivity index (χ3v) is 5.08. The molecule has 4 aromatic heterocycles. The van der Waals surface area contributed by atoms with Gasteiger partial charge in [-0.2, -0.15) is 5.10 Å². The van der Waals surface area contributed by atoms with E-state index in [4.69, 9.17) is 10.1 Å². The first-order valence-corrected chi connectivity index (χ1v) is 9.18. The summed E-state index contributed by atoms with van der Waals surface area (Å²) in [4.78, 5) is 11.8. The maximum atomic E-state index is 7.00. The van der Waals surface area contributed by atoms with Gasteiger partial charge in [-0.25, -0.2) is 9.97 Å². The summed E-state index contributed by atoms with van der Waals surface area (Å²) in [5.41, 5.74) is 2.78. The average Bonchev–Trinajstić information content (AvgIpc) is 3.21. The predicted octanol–water partition coefficient (Wildman–Crippen LogP) is 4.20. The summed E-state index contributed by atoms with van der Waals surface area (Å²) in [5.74, 6) is 0. The molecule has 0 aliphatic carbocycles. The second-order valence-corrected chi connectivity index (χ2v) is 6.96. The van der Waals surface area contributed by atoms with Crippen LogP contribution >= 0.6 is 11.3 Å². The molecule has 5 nitrogen and oxygen atoms in total. The molecule has 0 amide bonds. The number of aliphatic hydroxyl groups excluding tert-OH is 1. The number of pyridine rings is 2. The van der Waals surface area contributed by atoms with Crippen molar-refractivity contribution in [3.8, 4) is 11.3 Å². The molecule has 25 heavy (non-hydrogen) atoms. The number of unbranched alkanes of at least 4 members (excludes halogenated alkanes) is 1. The molecule has 0 radical (unpaired) electrons. The number of nitrogens with zero attached hydrogens (tertiary/aromatic N) is 4. The van der Waals surface area contributed by atoms with Crippen LogP contribution in [0.1, 0.15) is 24.6 Å². The van der Waals surface area contributed by atoms with Gasteiger partial charge in [0.15, 0.2) is 5.65 Å². The third kappa shape index (κ3) is 3.70. The van der Waals surface area contributed by atoms with Gasteiger partial charge in [0.2, 0.25) is 0 Å². The van der Waals surface area contributed by atoms with Gasteiger partial charge in [0.25, 0.3) is 0 Å². The van der Waals surface area contributed by atoms with E-state index in [0.29, 0.717) is 0 Å². The molecule has 0 atom stereocenters. The summed E-state index contributed by atoms with van der Waals surface area (Å²) in [5, 5.41) is 13.6. The molecule has 0 aliphatic rings. The summed E-state index contributed by atoms with van der Waals surface area (Å²) < 4.78 is 1.79. The number of aromatic nitrogens is 4. The van der Waals surface area contributed by atoms with Crippen molar-refractivity contribution in [2.75, 3.05) is 7.11 Å². The number of rotatable bonds is 4. The number of aryl methyl sites for hydroxylation is 2. The van der Waals surface area contributed by atoms with Crippen molar-refractivity contribution in [1.29, 1.82) is 0 Å². The number of thiophene rings is 1. The van der Waals surface area contributed by atoms with Crippen LogP contribution in [0.5, 0.6) is 0 Å². The van der Waals surface area contributed by atoms with E-state index in [1.165, 1.54) is 23.1 Å². The average molecular weight is 354 g/mol. The van der Waals surface area contributed by atoms with Gasteiger partial charge in [0, 0.05) is 47.8 Å². The van der Waals surface area contributed by atoms with E-state index in [1.54, 1.807) is 16.0 Å². The fraction of sp³-hybridized carbons (Fsp3) is 0.316. The van der Waals surface area contributed by atoms with Gasteiger partial charge in [0.1, 0.15) is 4.83 Å². The number of hydrogen-bond donors (Lipinski definition) is 1. The van der Waals surface area contributed by atoms with Gasteiger partial charge in [-0.15, -0.1) is 11.3 Å². The highest BCUT2D eigenvalue weighted by molar-refractivity contribution is 7.18. The van der Waals surface area contributed by atoms with Crippen molar-refractivity contribution < 1.29 is 5.11 Å². The fourth-order valence-electron chi connectivity index (χ4n) is 2.78. The minimum Gasteiger partial charge on any atom is -0.400 e. The molecule has 0 unspecified atom stereocenters. The topological polar surface area (TPSA) is 63.8 Å². The van der Waals surface area contributed by atoms with Crippen molar-refractivity contribution in [3.63, 3.8) is 0 Å². The zero-order valence-electron chi connectivity index (χ0n) is 14.7. The molecule has 0 aliphatic heterocycles. The van der Waals surface area contributed by atoms with E-state index in [-0.39, 0.29) is 0 Å². The van der Waals surface area contributed by atoms with Gasteiger partial charge in [-0.05, 0) is 37.1 Å². The quantitative estimate of drug-likeness (QED) is 0.597. The van der Waals surface area contributed by atoms with E-state index < -0.39 is 0 Å². The lowest BCUT2D eigenvalue weighted by Gasteiger charge is -2.00. The van der Waals surface area contributed by atoms with E-state index in [0.717, 1.165) is 40.7 Å². The molecule has 0 aromatic carbocycles. The van der Waals surface area contributed by atoms with Crippen LogP contribution in [0.2, 0.25) is 0 Å². The van der Waals surface area contributed by atoms with Gasteiger partial charge in [-0.3, -0.25) is 4.68 Å². The van der Waals surface area contributed by atoms with Crippen LogP contribution in [-0.2, 0) is 13.5 Å². The van der Waals surface area contributed by atoms with Gasteiger partial charge in [0.05, 0.1) is 5.69 Å². The monoisotopic (exact) mass is 354 g/mol. The molecule has 130 valence electrons. The molecular formula is C19H22N4OS. The SMILES string of the molecule is CCCCc1cc2ccc(-c3cnc4nn(C)cc4c3)nc2s1.CO. The zero-order valence-corrected chi connectivity index (χ0v) is 15.5. The molecule has 4 aromatic rings. The fourth-order valence-corrected chi connectivity index (χ4v) is 3.85. The van der Waals surface area contributed by atoms with Crippen LogP contribution in [0.3, 0.4) is 0 Å². The molecule has 1 N–H and O–H groups in total. The molecule has 0 spiro atoms. The molecule has 6 heteroatoms. The standard InChI is InChI=1S/C18H18N4S.CH4O/c1-3-4-5-15-9-12-6-7-16(20-18(12)23-15)13-8-14-11-22(2)21-17(14)19-10-13;1-2/h6-11H,3-5H2,1-2H3;2H,1H3. The summed E-state index contributed by atoms with van der Waals surface area (Å²) in [6, 6.07) is 8.62. The van der Waals surface area contributed by atoms with Crippen molar-refractivity contribution in [2.24, 2.45) is 7.05 Å². The molecule has 0 bridgehead atoms. The maximum absolute atomic E-state index is 7.00. The maximum Gasteiger partial charge on any atom is 0.181 e. The lowest BCUT2D eigenvalue weighted by Crippen LogP contribution is -1.86. The lowest BCUT2D eigenvalue weighted by molar-refractivity contribution is 0.399. The van der Waals surface area contributed by atoms with Crippen LogP contribution in [0.4, 0.5) is 0 Å². The smallest absolute Gasteiger partial charge is 0.181 e. The van der Waals surface area contributed by atoms with E-state index in [9.17, 15) is 0 Å². The molecule has 0 saturated heterocycles. The Balaban J connectivity index is 0.000000880. The minimum atomic E-state index is 0.773. The van der Waals surface area contributed by atoms with Crippen molar-refractivity contribution in [3.05, 3.63) is 41.5 Å². The summed E-state index contributed by atoms with van der Waals surface area (Å²) >= 11 is 1.81. The van der Waals surface area contributed by atoms with Crippen LogP contribution < -0.4 is 0 Å². The van der Waals surface area contributed by atoms with Crippen molar-refractivity contribution >= 4 is 32.6 Å². The largest absolute Gasteiger partial charge is 0.400 e.